The van der Waals surface area contributed by atoms with Crippen LogP contribution in [0.15, 0.2) is 16.6 Å². The molecular formula is C9H7BrCl2O. The van der Waals surface area contributed by atoms with Crippen LogP contribution in [-0.4, -0.2) is 11.7 Å². The first-order valence-electron chi connectivity index (χ1n) is 3.61. The molecule has 13 heavy (non-hydrogen) atoms. The summed E-state index contributed by atoms with van der Waals surface area (Å²) in [4.78, 5) is 11.3. The summed E-state index contributed by atoms with van der Waals surface area (Å²) in [7, 11) is 0. The van der Waals surface area contributed by atoms with Gasteiger partial charge in [0.25, 0.3) is 0 Å². The summed E-state index contributed by atoms with van der Waals surface area (Å²) in [6, 6.07) is 3.40. The zero-order valence-corrected chi connectivity index (χ0v) is 10.0. The average Bonchev–Trinajstić information content (AvgIpc) is 2.10. The fourth-order valence-corrected chi connectivity index (χ4v) is 1.87. The van der Waals surface area contributed by atoms with Crippen molar-refractivity contribution in [3.63, 3.8) is 0 Å². The van der Waals surface area contributed by atoms with Crippen LogP contribution in [0.1, 0.15) is 15.9 Å². The number of carbonyl (C=O) groups is 1. The number of benzene rings is 1. The number of halogens is 3. The number of carbonyl (C=O) groups excluding carboxylic acids is 1. The van der Waals surface area contributed by atoms with Crippen molar-refractivity contribution >= 4 is 44.9 Å². The van der Waals surface area contributed by atoms with Gasteiger partial charge in [0.1, 0.15) is 0 Å². The Morgan fingerprint density at radius 2 is 2.15 bits per heavy atom. The van der Waals surface area contributed by atoms with Crippen LogP contribution in [0, 0.1) is 6.92 Å². The van der Waals surface area contributed by atoms with Crippen molar-refractivity contribution in [3.8, 4) is 0 Å². The molecule has 0 saturated heterocycles. The first-order chi connectivity index (χ1) is 6.06. The molecule has 0 saturated carbocycles. The van der Waals surface area contributed by atoms with E-state index in [4.69, 9.17) is 23.2 Å². The van der Waals surface area contributed by atoms with E-state index in [2.05, 4.69) is 15.9 Å². The van der Waals surface area contributed by atoms with Crippen molar-refractivity contribution in [1.82, 2.24) is 0 Å². The molecular weight excluding hydrogens is 275 g/mol. The van der Waals surface area contributed by atoms with Crippen LogP contribution in [0.5, 0.6) is 0 Å². The SMILES string of the molecule is Cc1cc(Cl)cc(C(=O)CCl)c1Br. The molecule has 0 aliphatic heterocycles. The monoisotopic (exact) mass is 280 g/mol. The van der Waals surface area contributed by atoms with E-state index in [1.54, 1.807) is 12.1 Å². The number of hydrogen-bond donors (Lipinski definition) is 0. The summed E-state index contributed by atoms with van der Waals surface area (Å²) in [5.41, 5.74) is 1.47. The van der Waals surface area contributed by atoms with Crippen LogP contribution < -0.4 is 0 Å². The average molecular weight is 282 g/mol. The molecule has 4 heteroatoms. The minimum absolute atomic E-state index is 0.0294. The molecule has 0 atom stereocenters. The summed E-state index contributed by atoms with van der Waals surface area (Å²) < 4.78 is 0.766. The Balaban J connectivity index is 3.28. The van der Waals surface area contributed by atoms with Crippen LogP contribution in [0.4, 0.5) is 0 Å². The Morgan fingerprint density at radius 3 is 2.69 bits per heavy atom. The fourth-order valence-electron chi connectivity index (χ4n) is 1.00. The largest absolute Gasteiger partial charge is 0.293 e. The van der Waals surface area contributed by atoms with Gasteiger partial charge in [-0.2, -0.15) is 0 Å². The van der Waals surface area contributed by atoms with E-state index in [1.807, 2.05) is 6.92 Å². The molecule has 0 aromatic heterocycles. The molecule has 0 N–H and O–H groups in total. The third-order valence-electron chi connectivity index (χ3n) is 1.64. The Morgan fingerprint density at radius 1 is 1.54 bits per heavy atom. The zero-order valence-electron chi connectivity index (χ0n) is 6.90. The van der Waals surface area contributed by atoms with Gasteiger partial charge in [-0.15, -0.1) is 11.6 Å². The standard InChI is InChI=1S/C9H7BrCl2O/c1-5-2-6(12)3-7(9(5)10)8(13)4-11/h2-3H,4H2,1H3. The highest BCUT2D eigenvalue weighted by Crippen LogP contribution is 2.26. The Bertz CT molecular complexity index is 350. The van der Waals surface area contributed by atoms with Crippen molar-refractivity contribution in [3.05, 3.63) is 32.8 Å². The molecule has 0 bridgehead atoms. The third kappa shape index (κ3) is 2.46. The first-order valence-corrected chi connectivity index (χ1v) is 5.31. The van der Waals surface area contributed by atoms with Gasteiger partial charge in [0.05, 0.1) is 5.88 Å². The number of alkyl halides is 1. The van der Waals surface area contributed by atoms with Crippen LogP contribution >= 0.6 is 39.1 Å². The van der Waals surface area contributed by atoms with Crippen molar-refractivity contribution in [2.24, 2.45) is 0 Å². The molecule has 1 rings (SSSR count). The van der Waals surface area contributed by atoms with Crippen molar-refractivity contribution < 1.29 is 4.79 Å². The molecule has 0 amide bonds. The van der Waals surface area contributed by atoms with Crippen LogP contribution in [0.2, 0.25) is 5.02 Å². The maximum absolute atomic E-state index is 11.3. The summed E-state index contributed by atoms with van der Waals surface area (Å²) in [6.07, 6.45) is 0. The first kappa shape index (κ1) is 11.0. The Hall–Kier alpha value is -0.0500. The van der Waals surface area contributed by atoms with E-state index >= 15 is 0 Å². The second-order valence-electron chi connectivity index (χ2n) is 2.64. The summed E-state index contributed by atoms with van der Waals surface area (Å²) >= 11 is 14.6. The smallest absolute Gasteiger partial charge is 0.178 e. The van der Waals surface area contributed by atoms with E-state index in [1.165, 1.54) is 0 Å². The van der Waals surface area contributed by atoms with E-state index in [-0.39, 0.29) is 11.7 Å². The second-order valence-corrected chi connectivity index (χ2v) is 4.14. The zero-order chi connectivity index (χ0) is 10.0. The lowest BCUT2D eigenvalue weighted by atomic mass is 10.1. The third-order valence-corrected chi connectivity index (χ3v) is 3.15. The van der Waals surface area contributed by atoms with Gasteiger partial charge in [0.15, 0.2) is 5.78 Å². The van der Waals surface area contributed by atoms with Gasteiger partial charge in [0, 0.05) is 15.1 Å². The normalized spacial score (nSPS) is 10.2. The van der Waals surface area contributed by atoms with Crippen molar-refractivity contribution in [1.29, 1.82) is 0 Å². The predicted octanol–water partition coefficient (Wildman–Crippen LogP) is 3.83. The van der Waals surface area contributed by atoms with Gasteiger partial charge in [-0.25, -0.2) is 0 Å². The Kier molecular flexibility index (Phi) is 3.77. The number of ketones is 1. The molecule has 0 heterocycles. The van der Waals surface area contributed by atoms with Crippen LogP contribution in [0.25, 0.3) is 0 Å². The Labute approximate surface area is 95.2 Å². The lowest BCUT2D eigenvalue weighted by Crippen LogP contribution is -2.02. The molecule has 0 unspecified atom stereocenters. The van der Waals surface area contributed by atoms with Gasteiger partial charge in [-0.3, -0.25) is 4.79 Å². The van der Waals surface area contributed by atoms with Gasteiger partial charge in [0.2, 0.25) is 0 Å². The molecule has 0 fully saturated rings. The molecule has 1 aromatic carbocycles. The molecule has 1 aromatic rings. The molecule has 0 spiro atoms. The highest BCUT2D eigenvalue weighted by atomic mass is 79.9. The lowest BCUT2D eigenvalue weighted by molar-refractivity contribution is 0.102. The number of rotatable bonds is 2. The maximum Gasteiger partial charge on any atom is 0.178 e. The molecule has 1 nitrogen and oxygen atoms in total. The van der Waals surface area contributed by atoms with Gasteiger partial charge in [-0.05, 0) is 40.5 Å². The van der Waals surface area contributed by atoms with Crippen molar-refractivity contribution in [2.75, 3.05) is 5.88 Å². The number of aryl methyl sites for hydroxylation is 1. The van der Waals surface area contributed by atoms with E-state index in [9.17, 15) is 4.79 Å². The summed E-state index contributed by atoms with van der Waals surface area (Å²) in [5.74, 6) is -0.155. The molecule has 0 aliphatic rings. The molecule has 0 radical (unpaired) electrons. The lowest BCUT2D eigenvalue weighted by Gasteiger charge is -2.05. The molecule has 70 valence electrons. The maximum atomic E-state index is 11.3. The van der Waals surface area contributed by atoms with Gasteiger partial charge in [-0.1, -0.05) is 11.6 Å². The van der Waals surface area contributed by atoms with E-state index in [0.717, 1.165) is 10.0 Å². The number of Topliss-reactive ketones (excluding diaryl/α,β-unsaturated/α-hetero) is 1. The second kappa shape index (κ2) is 4.45. The van der Waals surface area contributed by atoms with Gasteiger partial charge >= 0.3 is 0 Å². The van der Waals surface area contributed by atoms with Crippen LogP contribution in [0.3, 0.4) is 0 Å². The minimum atomic E-state index is -0.126. The van der Waals surface area contributed by atoms with E-state index in [0.29, 0.717) is 10.6 Å². The van der Waals surface area contributed by atoms with E-state index < -0.39 is 0 Å². The topological polar surface area (TPSA) is 17.1 Å². The van der Waals surface area contributed by atoms with Crippen LogP contribution in [-0.2, 0) is 0 Å². The van der Waals surface area contributed by atoms with Crippen molar-refractivity contribution in [2.45, 2.75) is 6.92 Å². The number of hydrogen-bond acceptors (Lipinski definition) is 1. The van der Waals surface area contributed by atoms with Gasteiger partial charge < -0.3 is 0 Å². The summed E-state index contributed by atoms with van der Waals surface area (Å²) in [5, 5.41) is 0.550. The fraction of sp³-hybridized carbons (Fsp3) is 0.222. The molecule has 0 aliphatic carbocycles. The predicted molar refractivity (Wildman–Crippen MR) is 58.9 cm³/mol. The minimum Gasteiger partial charge on any atom is -0.293 e. The quantitative estimate of drug-likeness (QED) is 0.595. The summed E-state index contributed by atoms with van der Waals surface area (Å²) in [6.45, 7) is 1.88. The highest BCUT2D eigenvalue weighted by Gasteiger charge is 2.11. The highest BCUT2D eigenvalue weighted by molar-refractivity contribution is 9.10.